The van der Waals surface area contributed by atoms with Gasteiger partial charge < -0.3 is 10.6 Å². The van der Waals surface area contributed by atoms with Gasteiger partial charge in [-0.25, -0.2) is 0 Å². The molecule has 1 aromatic carbocycles. The minimum atomic E-state index is 0.812. The van der Waals surface area contributed by atoms with Gasteiger partial charge in [0, 0.05) is 26.7 Å². The summed E-state index contributed by atoms with van der Waals surface area (Å²) in [4.78, 5) is 6.88. The molecule has 1 aliphatic heterocycles. The zero-order valence-corrected chi connectivity index (χ0v) is 17.6. The quantitative estimate of drug-likeness (QED) is 0.391. The Balaban J connectivity index is 1.69. The van der Waals surface area contributed by atoms with Crippen LogP contribution in [0.5, 0.6) is 0 Å². The monoisotopic (exact) mass is 376 g/mol. The van der Waals surface area contributed by atoms with Crippen LogP contribution in [0.4, 0.5) is 0 Å². The third kappa shape index (κ3) is 8.00. The molecule has 0 spiro atoms. The van der Waals surface area contributed by atoms with Crippen LogP contribution in [0.15, 0.2) is 29.3 Å². The standard InChI is InChI=1S/C21H36N4S/c1-18-10-13-25(14-11-18)17-20-8-6-19(7-9-20)16-24-21(22-2)23-12-4-5-15-26-3/h6-9,18H,4-5,10-17H2,1-3H3,(H2,22,23,24). The van der Waals surface area contributed by atoms with Crippen molar-refractivity contribution in [3.8, 4) is 0 Å². The third-order valence-electron chi connectivity index (χ3n) is 5.06. The first-order valence-electron chi connectivity index (χ1n) is 9.95. The van der Waals surface area contributed by atoms with Crippen molar-refractivity contribution in [3.63, 3.8) is 0 Å². The number of likely N-dealkylation sites (tertiary alicyclic amines) is 1. The largest absolute Gasteiger partial charge is 0.356 e. The van der Waals surface area contributed by atoms with Gasteiger partial charge in [-0.3, -0.25) is 9.89 Å². The van der Waals surface area contributed by atoms with Gasteiger partial charge in [0.1, 0.15) is 0 Å². The van der Waals surface area contributed by atoms with Crippen molar-refractivity contribution in [1.82, 2.24) is 15.5 Å². The first-order chi connectivity index (χ1) is 12.7. The summed E-state index contributed by atoms with van der Waals surface area (Å²) in [5.74, 6) is 3.02. The number of nitrogens with one attached hydrogen (secondary N) is 2. The SMILES string of the molecule is CN=C(NCCCCSC)NCc1ccc(CN2CCC(C)CC2)cc1. The summed E-state index contributed by atoms with van der Waals surface area (Å²) in [6.45, 7) is 7.72. The number of aliphatic imine (C=N–C) groups is 1. The highest BCUT2D eigenvalue weighted by molar-refractivity contribution is 7.98. The van der Waals surface area contributed by atoms with Crippen LogP contribution in [-0.2, 0) is 13.1 Å². The van der Waals surface area contributed by atoms with Gasteiger partial charge in [0.05, 0.1) is 0 Å². The van der Waals surface area contributed by atoms with Crippen LogP contribution >= 0.6 is 11.8 Å². The smallest absolute Gasteiger partial charge is 0.191 e. The Kier molecular flexibility index (Phi) is 9.93. The summed E-state index contributed by atoms with van der Waals surface area (Å²) in [7, 11) is 1.83. The molecule has 1 aliphatic rings. The van der Waals surface area contributed by atoms with Crippen LogP contribution in [0.3, 0.4) is 0 Å². The number of piperidine rings is 1. The summed E-state index contributed by atoms with van der Waals surface area (Å²) in [6, 6.07) is 9.02. The van der Waals surface area contributed by atoms with E-state index < -0.39 is 0 Å². The first-order valence-corrected chi connectivity index (χ1v) is 11.3. The molecule has 1 saturated heterocycles. The number of benzene rings is 1. The van der Waals surface area contributed by atoms with Gasteiger partial charge in [-0.05, 0) is 67.8 Å². The first kappa shape index (κ1) is 21.1. The molecule has 2 N–H and O–H groups in total. The zero-order valence-electron chi connectivity index (χ0n) is 16.8. The maximum Gasteiger partial charge on any atom is 0.191 e. The number of hydrogen-bond acceptors (Lipinski definition) is 3. The molecule has 0 saturated carbocycles. The van der Waals surface area contributed by atoms with Crippen LogP contribution in [0.1, 0.15) is 43.7 Å². The number of thioether (sulfide) groups is 1. The molecule has 0 unspecified atom stereocenters. The molecule has 0 atom stereocenters. The van der Waals surface area contributed by atoms with Gasteiger partial charge in [-0.2, -0.15) is 11.8 Å². The van der Waals surface area contributed by atoms with Gasteiger partial charge in [-0.15, -0.1) is 0 Å². The average Bonchev–Trinajstić information content (AvgIpc) is 2.67. The van der Waals surface area contributed by atoms with Crippen molar-refractivity contribution in [1.29, 1.82) is 0 Å². The van der Waals surface area contributed by atoms with Gasteiger partial charge in [-0.1, -0.05) is 31.2 Å². The molecule has 1 aromatic rings. The highest BCUT2D eigenvalue weighted by Crippen LogP contribution is 2.18. The molecular weight excluding hydrogens is 340 g/mol. The Hall–Kier alpha value is -1.20. The van der Waals surface area contributed by atoms with Crippen molar-refractivity contribution in [2.75, 3.05) is 38.7 Å². The summed E-state index contributed by atoms with van der Waals surface area (Å²) in [5.41, 5.74) is 2.71. The molecular formula is C21H36N4S. The van der Waals surface area contributed by atoms with Crippen molar-refractivity contribution in [2.24, 2.45) is 10.9 Å². The molecule has 26 heavy (non-hydrogen) atoms. The predicted molar refractivity (Wildman–Crippen MR) is 116 cm³/mol. The van der Waals surface area contributed by atoms with Crippen molar-refractivity contribution in [3.05, 3.63) is 35.4 Å². The predicted octanol–water partition coefficient (Wildman–Crippen LogP) is 3.73. The number of rotatable bonds is 9. The van der Waals surface area contributed by atoms with Gasteiger partial charge >= 0.3 is 0 Å². The molecule has 0 bridgehead atoms. The lowest BCUT2D eigenvalue weighted by Gasteiger charge is -2.30. The number of hydrogen-bond donors (Lipinski definition) is 2. The number of nitrogens with zero attached hydrogens (tertiary/aromatic N) is 2. The van der Waals surface area contributed by atoms with Crippen LogP contribution in [0.2, 0.25) is 0 Å². The van der Waals surface area contributed by atoms with E-state index in [0.29, 0.717) is 0 Å². The van der Waals surface area contributed by atoms with Crippen LogP contribution < -0.4 is 10.6 Å². The average molecular weight is 377 g/mol. The molecule has 1 fully saturated rings. The summed E-state index contributed by atoms with van der Waals surface area (Å²) in [6.07, 6.45) is 7.27. The minimum absolute atomic E-state index is 0.812. The second-order valence-electron chi connectivity index (χ2n) is 7.33. The lowest BCUT2D eigenvalue weighted by atomic mass is 9.99. The second kappa shape index (κ2) is 12.2. The zero-order chi connectivity index (χ0) is 18.6. The lowest BCUT2D eigenvalue weighted by molar-refractivity contribution is 0.185. The summed E-state index contributed by atoms with van der Waals surface area (Å²) < 4.78 is 0. The lowest BCUT2D eigenvalue weighted by Crippen LogP contribution is -2.37. The Labute approximate surface area is 164 Å². The maximum atomic E-state index is 4.30. The van der Waals surface area contributed by atoms with Crippen LogP contribution in [-0.4, -0.2) is 49.6 Å². The molecule has 146 valence electrons. The highest BCUT2D eigenvalue weighted by atomic mass is 32.2. The van der Waals surface area contributed by atoms with Crippen molar-refractivity contribution >= 4 is 17.7 Å². The Morgan fingerprint density at radius 1 is 1.12 bits per heavy atom. The summed E-state index contributed by atoms with van der Waals surface area (Å²) in [5, 5.41) is 6.80. The second-order valence-corrected chi connectivity index (χ2v) is 8.31. The number of guanidine groups is 1. The van der Waals surface area contributed by atoms with E-state index in [9.17, 15) is 0 Å². The Morgan fingerprint density at radius 2 is 1.81 bits per heavy atom. The molecule has 0 radical (unpaired) electrons. The number of unbranched alkanes of at least 4 members (excludes halogenated alkanes) is 1. The van der Waals surface area contributed by atoms with E-state index in [4.69, 9.17) is 0 Å². The Morgan fingerprint density at radius 3 is 2.46 bits per heavy atom. The molecule has 1 heterocycles. The van der Waals surface area contributed by atoms with Gasteiger partial charge in [0.15, 0.2) is 5.96 Å². The van der Waals surface area contributed by atoms with Crippen molar-refractivity contribution in [2.45, 2.75) is 45.7 Å². The van der Waals surface area contributed by atoms with E-state index >= 15 is 0 Å². The summed E-state index contributed by atoms with van der Waals surface area (Å²) >= 11 is 1.91. The normalized spacial score (nSPS) is 16.7. The van der Waals surface area contributed by atoms with Crippen LogP contribution in [0.25, 0.3) is 0 Å². The fraction of sp³-hybridized carbons (Fsp3) is 0.667. The fourth-order valence-corrected chi connectivity index (χ4v) is 3.72. The van der Waals surface area contributed by atoms with Crippen LogP contribution in [0, 0.1) is 5.92 Å². The van der Waals surface area contributed by atoms with E-state index in [-0.39, 0.29) is 0 Å². The van der Waals surface area contributed by atoms with Gasteiger partial charge in [0.2, 0.25) is 0 Å². The topological polar surface area (TPSA) is 39.7 Å². The third-order valence-corrected chi connectivity index (χ3v) is 5.75. The van der Waals surface area contributed by atoms with Gasteiger partial charge in [0.25, 0.3) is 0 Å². The minimum Gasteiger partial charge on any atom is -0.356 e. The molecule has 0 aromatic heterocycles. The van der Waals surface area contributed by atoms with Crippen molar-refractivity contribution < 1.29 is 0 Å². The van der Waals surface area contributed by atoms with E-state index in [2.05, 4.69) is 58.0 Å². The highest BCUT2D eigenvalue weighted by Gasteiger charge is 2.15. The molecule has 2 rings (SSSR count). The fourth-order valence-electron chi connectivity index (χ4n) is 3.23. The molecule has 0 aliphatic carbocycles. The van der Waals surface area contributed by atoms with E-state index in [1.54, 1.807) is 0 Å². The maximum absolute atomic E-state index is 4.30. The van der Waals surface area contributed by atoms with E-state index in [0.717, 1.165) is 31.5 Å². The molecule has 5 heteroatoms. The molecule has 4 nitrogen and oxygen atoms in total. The molecule has 0 amide bonds. The van der Waals surface area contributed by atoms with E-state index in [1.807, 2.05) is 18.8 Å². The Bertz CT molecular complexity index is 521. The van der Waals surface area contributed by atoms with E-state index in [1.165, 1.54) is 55.7 Å².